The van der Waals surface area contributed by atoms with Crippen LogP contribution in [0.1, 0.15) is 5.01 Å². The Morgan fingerprint density at radius 3 is 2.47 bits per heavy atom. The monoisotopic (exact) mass is 278 g/mol. The van der Waals surface area contributed by atoms with Crippen LogP contribution in [0.15, 0.2) is 34.8 Å². The normalized spacial score (nSPS) is 11.2. The Labute approximate surface area is 114 Å². The van der Waals surface area contributed by atoms with Crippen LogP contribution in [0.4, 0.5) is 5.69 Å². The zero-order valence-corrected chi connectivity index (χ0v) is 11.4. The molecule has 1 heterocycles. The minimum Gasteiger partial charge on any atom is -0.494 e. The summed E-state index contributed by atoms with van der Waals surface area (Å²) in [5.41, 5.74) is 3.11. The first-order valence-electron chi connectivity index (χ1n) is 5.46. The molecule has 0 aliphatic rings. The highest BCUT2D eigenvalue weighted by Gasteiger charge is 2.12. The quantitative estimate of drug-likeness (QED) is 0.385. The first-order valence-corrected chi connectivity index (χ1v) is 6.34. The van der Waals surface area contributed by atoms with Gasteiger partial charge in [-0.15, -0.1) is 11.3 Å². The van der Waals surface area contributed by atoms with Gasteiger partial charge in [-0.1, -0.05) is 6.07 Å². The molecule has 0 bridgehead atoms. The van der Waals surface area contributed by atoms with Crippen LogP contribution in [-0.2, 0) is 0 Å². The summed E-state index contributed by atoms with van der Waals surface area (Å²) >= 11 is 1.44. The maximum Gasteiger partial charge on any atom is 0.177 e. The highest BCUT2D eigenvalue weighted by atomic mass is 32.1. The van der Waals surface area contributed by atoms with E-state index in [9.17, 15) is 0 Å². The van der Waals surface area contributed by atoms with Crippen LogP contribution in [-0.4, -0.2) is 25.0 Å². The van der Waals surface area contributed by atoms with Crippen LogP contribution in [0.2, 0.25) is 0 Å². The fourth-order valence-electron chi connectivity index (χ4n) is 1.54. The molecule has 0 saturated heterocycles. The molecule has 100 valence electrons. The predicted molar refractivity (Wildman–Crippen MR) is 75.2 cm³/mol. The number of para-hydroxylation sites is 1. The molecule has 2 aromatic rings. The van der Waals surface area contributed by atoms with Gasteiger partial charge in [0.15, 0.2) is 10.8 Å². The number of thiazole rings is 1. The largest absolute Gasteiger partial charge is 0.494 e. The molecular formula is C12H14N4O2S. The minimum atomic E-state index is 0.456. The number of rotatable bonds is 4. The van der Waals surface area contributed by atoms with Crippen molar-refractivity contribution in [3.8, 4) is 11.5 Å². The fourth-order valence-corrected chi connectivity index (χ4v) is 2.12. The summed E-state index contributed by atoms with van der Waals surface area (Å²) in [5, 5.41) is 2.54. The van der Waals surface area contributed by atoms with E-state index in [4.69, 9.17) is 15.3 Å². The molecule has 7 heteroatoms. The van der Waals surface area contributed by atoms with Crippen LogP contribution in [0.5, 0.6) is 11.5 Å². The summed E-state index contributed by atoms with van der Waals surface area (Å²) in [4.78, 5) is 8.60. The van der Waals surface area contributed by atoms with Gasteiger partial charge in [0.2, 0.25) is 0 Å². The van der Waals surface area contributed by atoms with Crippen molar-refractivity contribution in [3.05, 3.63) is 34.8 Å². The van der Waals surface area contributed by atoms with Crippen LogP contribution in [0.25, 0.3) is 0 Å². The average molecular weight is 278 g/mol. The van der Waals surface area contributed by atoms with Crippen LogP contribution < -0.4 is 20.7 Å². The molecule has 0 spiro atoms. The second-order valence-electron chi connectivity index (χ2n) is 3.45. The van der Waals surface area contributed by atoms with Gasteiger partial charge < -0.3 is 14.9 Å². The molecule has 2 rings (SSSR count). The van der Waals surface area contributed by atoms with Gasteiger partial charge in [-0.05, 0) is 12.1 Å². The number of nitrogens with two attached hydrogens (primary N) is 1. The Morgan fingerprint density at radius 2 is 2.00 bits per heavy atom. The van der Waals surface area contributed by atoms with Crippen molar-refractivity contribution in [2.45, 2.75) is 0 Å². The third kappa shape index (κ3) is 2.83. The molecule has 0 fully saturated rings. The van der Waals surface area contributed by atoms with Crippen molar-refractivity contribution in [2.75, 3.05) is 14.2 Å². The summed E-state index contributed by atoms with van der Waals surface area (Å²) in [6.45, 7) is 0. The maximum absolute atomic E-state index is 5.50. The summed E-state index contributed by atoms with van der Waals surface area (Å²) in [5.74, 6) is 7.16. The van der Waals surface area contributed by atoms with E-state index >= 15 is 0 Å². The maximum atomic E-state index is 5.50. The number of aromatic nitrogens is 1. The standard InChI is InChI=1S/C12H14N4O2S/c1-17-8-4-3-5-9(18-2)10(8)15-11(16-13)12-14-6-7-19-12/h3-7H,13H2,1-2H3,(H,15,16). The number of nitrogens with one attached hydrogen (secondary N) is 1. The summed E-state index contributed by atoms with van der Waals surface area (Å²) in [7, 11) is 3.15. The van der Waals surface area contributed by atoms with Gasteiger partial charge in [0.05, 0.1) is 14.2 Å². The second-order valence-corrected chi connectivity index (χ2v) is 4.35. The Morgan fingerprint density at radius 1 is 1.32 bits per heavy atom. The number of methoxy groups -OCH3 is 2. The second kappa shape index (κ2) is 6.17. The van der Waals surface area contributed by atoms with E-state index in [0.717, 1.165) is 0 Å². The number of hydrazine groups is 1. The van der Waals surface area contributed by atoms with Crippen molar-refractivity contribution in [3.63, 3.8) is 0 Å². The number of hydrogen-bond donors (Lipinski definition) is 2. The molecule has 0 radical (unpaired) electrons. The molecule has 0 unspecified atom stereocenters. The number of benzene rings is 1. The number of hydrogen-bond acceptors (Lipinski definition) is 6. The smallest absolute Gasteiger partial charge is 0.177 e. The fraction of sp³-hybridized carbons (Fsp3) is 0.167. The molecule has 0 aliphatic carbocycles. The molecule has 0 saturated carbocycles. The van der Waals surface area contributed by atoms with E-state index in [2.05, 4.69) is 15.4 Å². The van der Waals surface area contributed by atoms with E-state index in [1.807, 2.05) is 11.4 Å². The summed E-state index contributed by atoms with van der Waals surface area (Å²) in [6.07, 6.45) is 1.69. The van der Waals surface area contributed by atoms with Crippen molar-refractivity contribution in [1.82, 2.24) is 10.4 Å². The van der Waals surface area contributed by atoms with E-state index < -0.39 is 0 Å². The lowest BCUT2D eigenvalue weighted by molar-refractivity contribution is 0.397. The van der Waals surface area contributed by atoms with Gasteiger partial charge in [0, 0.05) is 11.6 Å². The molecular weight excluding hydrogens is 264 g/mol. The predicted octanol–water partition coefficient (Wildman–Crippen LogP) is 1.70. The van der Waals surface area contributed by atoms with Gasteiger partial charge in [-0.25, -0.2) is 15.8 Å². The topological polar surface area (TPSA) is 81.8 Å². The van der Waals surface area contributed by atoms with Gasteiger partial charge in [-0.2, -0.15) is 0 Å². The molecule has 0 amide bonds. The SMILES string of the molecule is COc1cccc(OC)c1N=C(NN)c1nccs1. The zero-order valence-electron chi connectivity index (χ0n) is 10.6. The van der Waals surface area contributed by atoms with Crippen molar-refractivity contribution >= 4 is 22.9 Å². The van der Waals surface area contributed by atoms with E-state index in [-0.39, 0.29) is 0 Å². The number of ether oxygens (including phenoxy) is 2. The Balaban J connectivity index is 2.51. The minimum absolute atomic E-state index is 0.456. The lowest BCUT2D eigenvalue weighted by Crippen LogP contribution is -2.30. The zero-order chi connectivity index (χ0) is 13.7. The number of aliphatic imine (C=N–C) groups is 1. The Hall–Kier alpha value is -2.12. The first-order chi connectivity index (χ1) is 9.30. The highest BCUT2D eigenvalue weighted by molar-refractivity contribution is 7.11. The molecule has 0 atom stereocenters. The van der Waals surface area contributed by atoms with Crippen molar-refractivity contribution in [2.24, 2.45) is 10.8 Å². The van der Waals surface area contributed by atoms with Gasteiger partial charge >= 0.3 is 0 Å². The van der Waals surface area contributed by atoms with E-state index in [0.29, 0.717) is 28.0 Å². The Bertz CT molecular complexity index is 547. The van der Waals surface area contributed by atoms with E-state index in [1.54, 1.807) is 32.5 Å². The Kier molecular flexibility index (Phi) is 4.32. The first kappa shape index (κ1) is 13.3. The van der Waals surface area contributed by atoms with Crippen LogP contribution in [0, 0.1) is 0 Å². The van der Waals surface area contributed by atoms with Crippen molar-refractivity contribution < 1.29 is 9.47 Å². The molecule has 0 aliphatic heterocycles. The molecule has 1 aromatic heterocycles. The number of amidine groups is 1. The summed E-state index contributed by atoms with van der Waals surface area (Å²) in [6, 6.07) is 5.43. The molecule has 3 N–H and O–H groups in total. The third-order valence-electron chi connectivity index (χ3n) is 2.40. The van der Waals surface area contributed by atoms with Crippen LogP contribution >= 0.6 is 11.3 Å². The molecule has 19 heavy (non-hydrogen) atoms. The highest BCUT2D eigenvalue weighted by Crippen LogP contribution is 2.37. The average Bonchev–Trinajstić information content (AvgIpc) is 2.98. The molecule has 1 aromatic carbocycles. The number of nitrogens with zero attached hydrogens (tertiary/aromatic N) is 2. The van der Waals surface area contributed by atoms with Gasteiger partial charge in [-0.3, -0.25) is 0 Å². The lowest BCUT2D eigenvalue weighted by Gasteiger charge is -2.10. The van der Waals surface area contributed by atoms with Gasteiger partial charge in [0.1, 0.15) is 17.2 Å². The lowest BCUT2D eigenvalue weighted by atomic mass is 10.2. The third-order valence-corrected chi connectivity index (χ3v) is 3.18. The van der Waals surface area contributed by atoms with E-state index in [1.165, 1.54) is 11.3 Å². The van der Waals surface area contributed by atoms with Crippen LogP contribution in [0.3, 0.4) is 0 Å². The van der Waals surface area contributed by atoms with Crippen molar-refractivity contribution in [1.29, 1.82) is 0 Å². The van der Waals surface area contributed by atoms with Gasteiger partial charge in [0.25, 0.3) is 0 Å². The summed E-state index contributed by atoms with van der Waals surface area (Å²) < 4.78 is 10.6. The molecule has 6 nitrogen and oxygen atoms in total.